The van der Waals surface area contributed by atoms with Crippen LogP contribution in [0.4, 0.5) is 4.79 Å². The van der Waals surface area contributed by atoms with Crippen molar-refractivity contribution in [3.63, 3.8) is 0 Å². The third-order valence-corrected chi connectivity index (χ3v) is 7.50. The lowest BCUT2D eigenvalue weighted by atomic mass is 9.97. The van der Waals surface area contributed by atoms with Crippen molar-refractivity contribution in [3.8, 4) is 6.07 Å². The van der Waals surface area contributed by atoms with E-state index in [1.54, 1.807) is 16.2 Å². The minimum absolute atomic E-state index is 0.0391. The summed E-state index contributed by atoms with van der Waals surface area (Å²) in [7, 11) is 0. The maximum absolute atomic E-state index is 13.2. The number of halogens is 1. The zero-order valence-electron chi connectivity index (χ0n) is 17.9. The van der Waals surface area contributed by atoms with Crippen molar-refractivity contribution in [1.82, 2.24) is 10.2 Å². The van der Waals surface area contributed by atoms with Crippen LogP contribution in [0, 0.1) is 17.2 Å². The predicted octanol–water partition coefficient (Wildman–Crippen LogP) is 5.00. The molecule has 1 aromatic heterocycles. The molecule has 1 aliphatic carbocycles. The van der Waals surface area contributed by atoms with E-state index in [0.717, 1.165) is 38.7 Å². The molecule has 1 saturated carbocycles. The van der Waals surface area contributed by atoms with E-state index in [-0.39, 0.29) is 17.9 Å². The molecule has 2 bridgehead atoms. The molecule has 0 radical (unpaired) electrons. The molecule has 8 heteroatoms. The van der Waals surface area contributed by atoms with Crippen molar-refractivity contribution < 1.29 is 14.3 Å². The lowest BCUT2D eigenvalue weighted by Crippen LogP contribution is -2.55. The molecule has 0 spiro atoms. The van der Waals surface area contributed by atoms with Crippen molar-refractivity contribution in [2.24, 2.45) is 5.92 Å². The van der Waals surface area contributed by atoms with Crippen molar-refractivity contribution in [1.29, 1.82) is 5.26 Å². The predicted molar refractivity (Wildman–Crippen MR) is 124 cm³/mol. The van der Waals surface area contributed by atoms with Crippen molar-refractivity contribution in [3.05, 3.63) is 33.6 Å². The summed E-state index contributed by atoms with van der Waals surface area (Å²) in [6.45, 7) is 5.47. The Balaban J connectivity index is 1.47. The Morgan fingerprint density at radius 1 is 1.35 bits per heavy atom. The second-order valence-corrected chi connectivity index (χ2v) is 11.4. The summed E-state index contributed by atoms with van der Waals surface area (Å²) in [5.74, 6) is -0.132. The van der Waals surface area contributed by atoms with Gasteiger partial charge in [0.15, 0.2) is 0 Å². The van der Waals surface area contributed by atoms with Crippen LogP contribution in [0.25, 0.3) is 10.1 Å². The molecule has 2 fully saturated rings. The molecule has 2 aromatic rings. The van der Waals surface area contributed by atoms with Gasteiger partial charge >= 0.3 is 6.09 Å². The number of benzene rings is 1. The smallest absolute Gasteiger partial charge is 0.411 e. The number of piperidine rings is 1. The molecular weight excluding hydrogens is 478 g/mol. The molecule has 1 N–H and O–H groups in total. The first kappa shape index (κ1) is 22.1. The Kier molecular flexibility index (Phi) is 6.01. The maximum Gasteiger partial charge on any atom is 0.411 e. The average Bonchev–Trinajstić information content (AvgIpc) is 3.39. The number of nitrogens with zero attached hydrogens (tertiary/aromatic N) is 2. The summed E-state index contributed by atoms with van der Waals surface area (Å²) in [6.07, 6.45) is 2.63. The molecule has 2 aliphatic rings. The second-order valence-electron chi connectivity index (χ2n) is 9.35. The summed E-state index contributed by atoms with van der Waals surface area (Å²) < 4.78 is 7.72. The van der Waals surface area contributed by atoms with E-state index < -0.39 is 23.8 Å². The Labute approximate surface area is 194 Å². The number of hydrogen-bond donors (Lipinski definition) is 1. The van der Waals surface area contributed by atoms with Gasteiger partial charge in [0.05, 0.1) is 6.07 Å². The van der Waals surface area contributed by atoms with Crippen molar-refractivity contribution >= 4 is 49.4 Å². The number of carbonyl (C=O) groups excluding carboxylic acids is 2. The summed E-state index contributed by atoms with van der Waals surface area (Å²) in [6, 6.07) is 9.18. The highest BCUT2D eigenvalue weighted by atomic mass is 79.9. The van der Waals surface area contributed by atoms with Gasteiger partial charge in [0.2, 0.25) is 5.91 Å². The molecular formula is C23H26BrN3O3S. The van der Waals surface area contributed by atoms with Crippen LogP contribution in [0.15, 0.2) is 28.7 Å². The van der Waals surface area contributed by atoms with Gasteiger partial charge in [0.1, 0.15) is 17.7 Å². The van der Waals surface area contributed by atoms with E-state index in [0.29, 0.717) is 6.42 Å². The number of fused-ring (bicyclic) bond motifs is 3. The fraction of sp³-hybridized carbons (Fsp3) is 0.522. The van der Waals surface area contributed by atoms with Crippen LogP contribution in [-0.4, -0.2) is 40.6 Å². The number of thiophene rings is 1. The third kappa shape index (κ3) is 4.73. The van der Waals surface area contributed by atoms with Gasteiger partial charge in [-0.25, -0.2) is 4.79 Å². The minimum atomic E-state index is -0.649. The molecule has 1 saturated heterocycles. The Morgan fingerprint density at radius 2 is 2.13 bits per heavy atom. The summed E-state index contributed by atoms with van der Waals surface area (Å²) in [4.78, 5) is 28.6. The minimum Gasteiger partial charge on any atom is -0.444 e. The van der Waals surface area contributed by atoms with Crippen LogP contribution in [-0.2, 0) is 16.0 Å². The molecule has 4 rings (SSSR count). The standard InChI is InChI=1S/C23H26BrN3O3S/c1-23(2,3)30-22(29)27-17-6-4-13(9-17)20(27)21(28)26-16(12-25)11-18-10-14-8-15(24)5-7-19(14)31-18/h5,7-8,10,13,16-17,20H,4,6,9,11H2,1-3H3,(H,26,28). The highest BCUT2D eigenvalue weighted by molar-refractivity contribution is 9.10. The number of ether oxygens (including phenoxy) is 1. The molecule has 31 heavy (non-hydrogen) atoms. The van der Waals surface area contributed by atoms with Gasteiger partial charge in [-0.3, -0.25) is 9.69 Å². The fourth-order valence-corrected chi connectivity index (χ4v) is 6.13. The largest absolute Gasteiger partial charge is 0.444 e. The van der Waals surface area contributed by atoms with E-state index in [9.17, 15) is 14.9 Å². The fourth-order valence-electron chi connectivity index (χ4n) is 4.66. The van der Waals surface area contributed by atoms with E-state index in [4.69, 9.17) is 4.74 Å². The monoisotopic (exact) mass is 503 g/mol. The summed E-state index contributed by atoms with van der Waals surface area (Å²) >= 11 is 5.11. The van der Waals surface area contributed by atoms with E-state index in [1.165, 1.54) is 0 Å². The highest BCUT2D eigenvalue weighted by Crippen LogP contribution is 2.43. The first-order valence-corrected chi connectivity index (χ1v) is 12.1. The number of amides is 2. The van der Waals surface area contributed by atoms with Gasteiger partial charge < -0.3 is 10.1 Å². The lowest BCUT2D eigenvalue weighted by molar-refractivity contribution is -0.128. The van der Waals surface area contributed by atoms with Gasteiger partial charge in [-0.2, -0.15) is 5.26 Å². The molecule has 1 aliphatic heterocycles. The van der Waals surface area contributed by atoms with Crippen LogP contribution < -0.4 is 5.32 Å². The summed E-state index contributed by atoms with van der Waals surface area (Å²) in [5, 5.41) is 13.7. The maximum atomic E-state index is 13.2. The molecule has 4 unspecified atom stereocenters. The number of carbonyl (C=O) groups is 2. The Hall–Kier alpha value is -2.11. The van der Waals surface area contributed by atoms with Gasteiger partial charge in [-0.1, -0.05) is 15.9 Å². The average molecular weight is 504 g/mol. The van der Waals surface area contributed by atoms with Gasteiger partial charge in [-0.15, -0.1) is 11.3 Å². The van der Waals surface area contributed by atoms with Crippen LogP contribution in [0.3, 0.4) is 0 Å². The molecule has 4 atom stereocenters. The topological polar surface area (TPSA) is 82.4 Å². The molecule has 1 aromatic carbocycles. The Bertz CT molecular complexity index is 1050. The SMILES string of the molecule is CC(C)(C)OC(=O)N1C2CCC(C2)C1C(=O)NC(C#N)Cc1cc2cc(Br)ccc2s1. The van der Waals surface area contributed by atoms with Gasteiger partial charge in [0, 0.05) is 26.5 Å². The number of rotatable bonds is 4. The van der Waals surface area contributed by atoms with Gasteiger partial charge in [0.25, 0.3) is 0 Å². The van der Waals surface area contributed by atoms with Crippen molar-refractivity contribution in [2.75, 3.05) is 0 Å². The number of likely N-dealkylation sites (tertiary alicyclic amines) is 1. The number of nitrogens with one attached hydrogen (secondary N) is 1. The number of hydrogen-bond acceptors (Lipinski definition) is 5. The first-order valence-electron chi connectivity index (χ1n) is 10.5. The zero-order chi connectivity index (χ0) is 22.3. The van der Waals surface area contributed by atoms with Gasteiger partial charge in [-0.05, 0) is 75.6 Å². The van der Waals surface area contributed by atoms with E-state index in [1.807, 2.05) is 39.0 Å². The lowest BCUT2D eigenvalue weighted by Gasteiger charge is -2.35. The van der Waals surface area contributed by atoms with Crippen LogP contribution in [0.5, 0.6) is 0 Å². The molecule has 2 heterocycles. The van der Waals surface area contributed by atoms with Crippen molar-refractivity contribution in [2.45, 2.75) is 70.2 Å². The van der Waals surface area contributed by atoms with Crippen LogP contribution >= 0.6 is 27.3 Å². The second kappa shape index (κ2) is 8.44. The quantitative estimate of drug-likeness (QED) is 0.635. The first-order chi connectivity index (χ1) is 14.6. The molecule has 164 valence electrons. The van der Waals surface area contributed by atoms with E-state index >= 15 is 0 Å². The zero-order valence-corrected chi connectivity index (χ0v) is 20.3. The normalized spacial score (nSPS) is 23.6. The highest BCUT2D eigenvalue weighted by Gasteiger charge is 2.52. The van der Waals surface area contributed by atoms with Crippen LogP contribution in [0.2, 0.25) is 0 Å². The van der Waals surface area contributed by atoms with E-state index in [2.05, 4.69) is 33.4 Å². The molecule has 2 amide bonds. The third-order valence-electron chi connectivity index (χ3n) is 5.87. The van der Waals surface area contributed by atoms with Crippen LogP contribution in [0.1, 0.15) is 44.9 Å². The summed E-state index contributed by atoms with van der Waals surface area (Å²) in [5.41, 5.74) is -0.620. The number of nitriles is 1. The molecule has 6 nitrogen and oxygen atoms in total. The Morgan fingerprint density at radius 3 is 2.84 bits per heavy atom.